The van der Waals surface area contributed by atoms with Crippen LogP contribution in [0.2, 0.25) is 0 Å². The molecule has 0 amide bonds. The van der Waals surface area contributed by atoms with Gasteiger partial charge in [0.1, 0.15) is 5.69 Å². The van der Waals surface area contributed by atoms with Crippen LogP contribution in [0.4, 0.5) is 0 Å². The average molecular weight is 447 g/mol. The second kappa shape index (κ2) is 9.42. The van der Waals surface area contributed by atoms with Gasteiger partial charge in [-0.1, -0.05) is 18.2 Å². The molecule has 0 N–H and O–H groups in total. The minimum atomic E-state index is -0.587. The SMILES string of the molecule is COC[C@H](C)n1c(C)cc(C(=O)COC(=O)c2cc(-c3ccco3)nc3ccccc23)c1C. The molecule has 0 spiro atoms. The lowest BCUT2D eigenvalue weighted by molar-refractivity contribution is 0.0476. The molecule has 170 valence electrons. The Kier molecular flexibility index (Phi) is 6.42. The summed E-state index contributed by atoms with van der Waals surface area (Å²) in [5, 5.41) is 0.650. The Morgan fingerprint density at radius 1 is 1.09 bits per heavy atom. The molecule has 33 heavy (non-hydrogen) atoms. The smallest absolute Gasteiger partial charge is 0.339 e. The van der Waals surface area contributed by atoms with E-state index in [1.165, 1.54) is 0 Å². The molecule has 0 saturated heterocycles. The second-order valence-electron chi connectivity index (χ2n) is 8.01. The highest BCUT2D eigenvalue weighted by molar-refractivity contribution is 6.06. The molecule has 3 heterocycles. The molecule has 3 aromatic heterocycles. The Labute approximate surface area is 191 Å². The van der Waals surface area contributed by atoms with Gasteiger partial charge in [-0.15, -0.1) is 0 Å². The number of esters is 1. The number of fused-ring (bicyclic) bond motifs is 1. The number of nitrogens with zero attached hydrogens (tertiary/aromatic N) is 2. The summed E-state index contributed by atoms with van der Waals surface area (Å²) in [6, 6.07) is 14.4. The molecule has 0 aliphatic heterocycles. The summed E-state index contributed by atoms with van der Waals surface area (Å²) >= 11 is 0. The minimum absolute atomic E-state index is 0.0855. The Hall–Kier alpha value is -3.71. The number of carbonyl (C=O) groups excluding carboxylic acids is 2. The average Bonchev–Trinajstić information content (AvgIpc) is 3.44. The molecular weight excluding hydrogens is 420 g/mol. The Bertz CT molecular complexity index is 1300. The number of Topliss-reactive ketones (excluding diaryl/α,β-unsaturated/α-hetero) is 1. The summed E-state index contributed by atoms with van der Waals surface area (Å²) in [5.41, 5.74) is 3.81. The largest absolute Gasteiger partial charge is 0.463 e. The van der Waals surface area contributed by atoms with E-state index in [0.29, 0.717) is 40.1 Å². The predicted molar refractivity (Wildman–Crippen MR) is 125 cm³/mol. The van der Waals surface area contributed by atoms with E-state index in [4.69, 9.17) is 13.9 Å². The Morgan fingerprint density at radius 2 is 1.88 bits per heavy atom. The molecule has 4 rings (SSSR count). The van der Waals surface area contributed by atoms with Crippen LogP contribution in [-0.2, 0) is 9.47 Å². The van der Waals surface area contributed by atoms with Gasteiger partial charge in [0.15, 0.2) is 12.4 Å². The van der Waals surface area contributed by atoms with Gasteiger partial charge >= 0.3 is 5.97 Å². The molecule has 0 saturated carbocycles. The number of furan rings is 1. The van der Waals surface area contributed by atoms with Crippen LogP contribution >= 0.6 is 0 Å². The highest BCUT2D eigenvalue weighted by Crippen LogP contribution is 2.26. The third-order valence-corrected chi connectivity index (χ3v) is 5.68. The van der Waals surface area contributed by atoms with E-state index in [-0.39, 0.29) is 18.4 Å². The highest BCUT2D eigenvalue weighted by atomic mass is 16.5. The van der Waals surface area contributed by atoms with Crippen LogP contribution < -0.4 is 0 Å². The first-order valence-corrected chi connectivity index (χ1v) is 10.7. The van der Waals surface area contributed by atoms with Gasteiger partial charge in [-0.05, 0) is 51.1 Å². The van der Waals surface area contributed by atoms with Crippen molar-refractivity contribution in [3.63, 3.8) is 0 Å². The first-order chi connectivity index (χ1) is 15.9. The van der Waals surface area contributed by atoms with E-state index in [2.05, 4.69) is 9.55 Å². The van der Waals surface area contributed by atoms with E-state index in [1.54, 1.807) is 37.6 Å². The van der Waals surface area contributed by atoms with Crippen LogP contribution in [-0.4, -0.2) is 41.6 Å². The molecule has 0 aliphatic rings. The van der Waals surface area contributed by atoms with Crippen molar-refractivity contribution in [2.45, 2.75) is 26.8 Å². The first kappa shape index (κ1) is 22.5. The monoisotopic (exact) mass is 446 g/mol. The van der Waals surface area contributed by atoms with Gasteiger partial charge < -0.3 is 18.5 Å². The number of methoxy groups -OCH3 is 1. The van der Waals surface area contributed by atoms with E-state index >= 15 is 0 Å². The van der Waals surface area contributed by atoms with E-state index < -0.39 is 5.97 Å². The second-order valence-corrected chi connectivity index (χ2v) is 8.01. The van der Waals surface area contributed by atoms with Crippen LogP contribution in [0.3, 0.4) is 0 Å². The van der Waals surface area contributed by atoms with Crippen molar-refractivity contribution < 1.29 is 23.5 Å². The zero-order valence-electron chi connectivity index (χ0n) is 19.1. The maximum absolute atomic E-state index is 13.0. The molecule has 0 radical (unpaired) electrons. The van der Waals surface area contributed by atoms with Crippen molar-refractivity contribution in [2.24, 2.45) is 0 Å². The van der Waals surface area contributed by atoms with Crippen LogP contribution in [0, 0.1) is 13.8 Å². The van der Waals surface area contributed by atoms with Gasteiger partial charge in [0.2, 0.25) is 5.78 Å². The summed E-state index contributed by atoms with van der Waals surface area (Å²) in [4.78, 5) is 30.5. The summed E-state index contributed by atoms with van der Waals surface area (Å²) in [6.45, 7) is 6.05. The van der Waals surface area contributed by atoms with Gasteiger partial charge in [-0.3, -0.25) is 4.79 Å². The van der Waals surface area contributed by atoms with Gasteiger partial charge in [0.25, 0.3) is 0 Å². The quantitative estimate of drug-likeness (QED) is 0.275. The van der Waals surface area contributed by atoms with E-state index in [0.717, 1.165) is 11.4 Å². The number of benzene rings is 1. The molecule has 0 bridgehead atoms. The van der Waals surface area contributed by atoms with Crippen molar-refractivity contribution in [1.82, 2.24) is 9.55 Å². The molecule has 0 fully saturated rings. The summed E-state index contributed by atoms with van der Waals surface area (Å²) < 4.78 is 18.2. The zero-order chi connectivity index (χ0) is 23.5. The molecule has 0 aliphatic carbocycles. The summed E-state index contributed by atoms with van der Waals surface area (Å²) in [7, 11) is 1.65. The van der Waals surface area contributed by atoms with Crippen LogP contribution in [0.5, 0.6) is 0 Å². The maximum Gasteiger partial charge on any atom is 0.339 e. The fourth-order valence-electron chi connectivity index (χ4n) is 4.23. The number of aromatic nitrogens is 2. The fraction of sp³-hybridized carbons (Fsp3) is 0.269. The van der Waals surface area contributed by atoms with Crippen molar-refractivity contribution in [2.75, 3.05) is 20.3 Å². The van der Waals surface area contributed by atoms with Crippen LogP contribution in [0.25, 0.3) is 22.4 Å². The number of ether oxygens (including phenoxy) is 2. The number of hydrogen-bond donors (Lipinski definition) is 0. The van der Waals surface area contributed by atoms with Gasteiger partial charge in [-0.2, -0.15) is 0 Å². The lowest BCUT2D eigenvalue weighted by Gasteiger charge is -2.17. The lowest BCUT2D eigenvalue weighted by atomic mass is 10.1. The molecule has 7 nitrogen and oxygen atoms in total. The molecule has 1 atom stereocenters. The van der Waals surface area contributed by atoms with Gasteiger partial charge in [0, 0.05) is 29.4 Å². The number of carbonyl (C=O) groups is 2. The zero-order valence-corrected chi connectivity index (χ0v) is 19.1. The van der Waals surface area contributed by atoms with E-state index in [9.17, 15) is 9.59 Å². The van der Waals surface area contributed by atoms with Crippen molar-refractivity contribution in [1.29, 1.82) is 0 Å². The normalized spacial score (nSPS) is 12.1. The van der Waals surface area contributed by atoms with Crippen molar-refractivity contribution in [3.8, 4) is 11.5 Å². The molecular formula is C26H26N2O5. The highest BCUT2D eigenvalue weighted by Gasteiger charge is 2.21. The van der Waals surface area contributed by atoms with Crippen LogP contribution in [0.15, 0.2) is 59.2 Å². The Balaban J connectivity index is 1.57. The summed E-state index contributed by atoms with van der Waals surface area (Å²) in [6.07, 6.45) is 1.55. The number of ketones is 1. The van der Waals surface area contributed by atoms with Crippen molar-refractivity contribution in [3.05, 3.63) is 77.3 Å². The molecule has 1 aromatic carbocycles. The maximum atomic E-state index is 13.0. The molecule has 7 heteroatoms. The van der Waals surface area contributed by atoms with E-state index in [1.807, 2.05) is 45.0 Å². The number of pyridine rings is 1. The standard InChI is InChI=1S/C26H26N2O5/c1-16-12-20(18(3)28(16)17(2)14-31-4)24(29)15-33-26(30)21-13-23(25-10-7-11-32-25)27-22-9-6-5-8-19(21)22/h5-13,17H,14-15H2,1-4H3/t17-/m0/s1. The van der Waals surface area contributed by atoms with Crippen molar-refractivity contribution >= 4 is 22.7 Å². The predicted octanol–water partition coefficient (Wildman–Crippen LogP) is 5.16. The van der Waals surface area contributed by atoms with Gasteiger partial charge in [-0.25, -0.2) is 9.78 Å². The number of aryl methyl sites for hydroxylation is 1. The topological polar surface area (TPSA) is 83.6 Å². The fourth-order valence-corrected chi connectivity index (χ4v) is 4.23. The summed E-state index contributed by atoms with van der Waals surface area (Å²) in [5.74, 6) is -0.295. The third kappa shape index (κ3) is 4.45. The number of para-hydroxylation sites is 1. The van der Waals surface area contributed by atoms with Crippen LogP contribution in [0.1, 0.15) is 45.1 Å². The number of hydrogen-bond acceptors (Lipinski definition) is 6. The van der Waals surface area contributed by atoms with Gasteiger partial charge in [0.05, 0.1) is 30.0 Å². The third-order valence-electron chi connectivity index (χ3n) is 5.68. The molecule has 4 aromatic rings. The lowest BCUT2D eigenvalue weighted by Crippen LogP contribution is -2.17. The minimum Gasteiger partial charge on any atom is -0.463 e. The number of rotatable bonds is 8. The molecule has 0 unspecified atom stereocenters. The Morgan fingerprint density at radius 3 is 2.61 bits per heavy atom. The first-order valence-electron chi connectivity index (χ1n) is 10.7.